The average Bonchev–Trinajstić information content (AvgIpc) is 2.61. The van der Waals surface area contributed by atoms with E-state index >= 15 is 0 Å². The Kier molecular flexibility index (Phi) is 6.32. The van der Waals surface area contributed by atoms with Crippen molar-refractivity contribution < 1.29 is 19.4 Å². The van der Waals surface area contributed by atoms with Gasteiger partial charge in [-0.15, -0.1) is 0 Å². The van der Waals surface area contributed by atoms with Gasteiger partial charge in [0, 0.05) is 18.6 Å². The van der Waals surface area contributed by atoms with Gasteiger partial charge in [-0.1, -0.05) is 48.5 Å². The highest BCUT2D eigenvalue weighted by Crippen LogP contribution is 2.05. The van der Waals surface area contributed by atoms with Crippen LogP contribution in [0.5, 0.6) is 0 Å². The number of ether oxygens (including phenoxy) is 1. The van der Waals surface area contributed by atoms with Crippen molar-refractivity contribution in [2.24, 2.45) is 0 Å². The first-order chi connectivity index (χ1) is 11.2. The minimum atomic E-state index is -0.878. The highest BCUT2D eigenvalue weighted by molar-refractivity contribution is 5.96. The Balaban J connectivity index is 1.94. The molecule has 1 unspecified atom stereocenters. The first-order valence-electron chi connectivity index (χ1n) is 7.38. The van der Waals surface area contributed by atoms with E-state index in [1.165, 1.54) is 0 Å². The Morgan fingerprint density at radius 2 is 1.61 bits per heavy atom. The molecule has 0 bridgehead atoms. The normalized spacial score (nSPS) is 11.5. The molecule has 1 atom stereocenters. The molecule has 2 aromatic rings. The number of aliphatic hydroxyl groups excluding tert-OH is 1. The number of esters is 1. The summed E-state index contributed by atoms with van der Waals surface area (Å²) in [7, 11) is 0. The summed E-state index contributed by atoms with van der Waals surface area (Å²) >= 11 is 0. The summed E-state index contributed by atoms with van der Waals surface area (Å²) in [4.78, 5) is 24.2. The SMILES string of the molecule is O=C(NC(CCO)C(=O)OCc1ccccc1)c1ccccc1. The Morgan fingerprint density at radius 3 is 2.22 bits per heavy atom. The lowest BCUT2D eigenvalue weighted by atomic mass is 10.1. The van der Waals surface area contributed by atoms with Gasteiger partial charge in [0.15, 0.2) is 0 Å². The van der Waals surface area contributed by atoms with Gasteiger partial charge in [0.2, 0.25) is 0 Å². The van der Waals surface area contributed by atoms with Crippen molar-refractivity contribution in [1.29, 1.82) is 0 Å². The molecule has 0 aromatic heterocycles. The van der Waals surface area contributed by atoms with Crippen LogP contribution in [0.1, 0.15) is 22.3 Å². The van der Waals surface area contributed by atoms with Crippen LogP contribution in [0.3, 0.4) is 0 Å². The zero-order valence-electron chi connectivity index (χ0n) is 12.6. The maximum Gasteiger partial charge on any atom is 0.329 e. The lowest BCUT2D eigenvalue weighted by Gasteiger charge is -2.17. The Morgan fingerprint density at radius 1 is 1.00 bits per heavy atom. The number of carbonyl (C=O) groups excluding carboxylic acids is 2. The van der Waals surface area contributed by atoms with Crippen LogP contribution in [0.4, 0.5) is 0 Å². The molecule has 2 N–H and O–H groups in total. The number of hydrogen-bond acceptors (Lipinski definition) is 4. The number of amides is 1. The third-order valence-electron chi connectivity index (χ3n) is 3.27. The van der Waals surface area contributed by atoms with E-state index in [4.69, 9.17) is 9.84 Å². The monoisotopic (exact) mass is 313 g/mol. The van der Waals surface area contributed by atoms with Gasteiger partial charge in [0.1, 0.15) is 12.6 Å². The van der Waals surface area contributed by atoms with Crippen LogP contribution in [0.25, 0.3) is 0 Å². The fraction of sp³-hybridized carbons (Fsp3) is 0.222. The van der Waals surface area contributed by atoms with Crippen molar-refractivity contribution in [2.45, 2.75) is 19.1 Å². The van der Waals surface area contributed by atoms with Crippen molar-refractivity contribution in [1.82, 2.24) is 5.32 Å². The van der Waals surface area contributed by atoms with E-state index in [2.05, 4.69) is 5.32 Å². The molecule has 2 aromatic carbocycles. The second kappa shape index (κ2) is 8.70. The van der Waals surface area contributed by atoms with E-state index < -0.39 is 12.0 Å². The van der Waals surface area contributed by atoms with E-state index in [9.17, 15) is 9.59 Å². The third-order valence-corrected chi connectivity index (χ3v) is 3.27. The van der Waals surface area contributed by atoms with Gasteiger partial charge < -0.3 is 15.2 Å². The molecule has 0 saturated carbocycles. The fourth-order valence-electron chi connectivity index (χ4n) is 2.04. The lowest BCUT2D eigenvalue weighted by molar-refractivity contribution is -0.147. The summed E-state index contributed by atoms with van der Waals surface area (Å²) in [5, 5.41) is 11.7. The van der Waals surface area contributed by atoms with E-state index in [-0.39, 0.29) is 25.5 Å². The molecular formula is C18H19NO4. The minimum Gasteiger partial charge on any atom is -0.459 e. The number of rotatable bonds is 7. The zero-order chi connectivity index (χ0) is 16.5. The van der Waals surface area contributed by atoms with E-state index in [1.807, 2.05) is 30.3 Å². The highest BCUT2D eigenvalue weighted by atomic mass is 16.5. The summed E-state index contributed by atoms with van der Waals surface area (Å²) in [6, 6.07) is 17.0. The summed E-state index contributed by atoms with van der Waals surface area (Å²) in [5.74, 6) is -0.937. The van der Waals surface area contributed by atoms with Crippen molar-refractivity contribution in [3.05, 3.63) is 71.8 Å². The second-order valence-corrected chi connectivity index (χ2v) is 5.00. The molecule has 1 amide bonds. The maximum atomic E-state index is 12.1. The standard InChI is InChI=1S/C18H19NO4/c20-12-11-16(19-17(21)15-9-5-2-6-10-15)18(22)23-13-14-7-3-1-4-8-14/h1-10,16,20H,11-13H2,(H,19,21). The molecular weight excluding hydrogens is 294 g/mol. The molecule has 0 heterocycles. The minimum absolute atomic E-state index is 0.103. The fourth-order valence-corrected chi connectivity index (χ4v) is 2.04. The van der Waals surface area contributed by atoms with Crippen molar-refractivity contribution in [2.75, 3.05) is 6.61 Å². The zero-order valence-corrected chi connectivity index (χ0v) is 12.6. The lowest BCUT2D eigenvalue weighted by Crippen LogP contribution is -2.42. The molecule has 0 spiro atoms. The molecule has 0 saturated heterocycles. The van der Waals surface area contributed by atoms with Gasteiger partial charge in [-0.25, -0.2) is 4.79 Å². The third kappa shape index (κ3) is 5.23. The number of benzene rings is 2. The van der Waals surface area contributed by atoms with Crippen LogP contribution >= 0.6 is 0 Å². The molecule has 0 fully saturated rings. The average molecular weight is 313 g/mol. The molecule has 0 aliphatic rings. The largest absolute Gasteiger partial charge is 0.459 e. The first-order valence-corrected chi connectivity index (χ1v) is 7.38. The number of nitrogens with one attached hydrogen (secondary N) is 1. The molecule has 5 nitrogen and oxygen atoms in total. The molecule has 2 rings (SSSR count). The first kappa shape index (κ1) is 16.7. The Hall–Kier alpha value is -2.66. The van der Waals surface area contributed by atoms with Gasteiger partial charge in [-0.2, -0.15) is 0 Å². The van der Waals surface area contributed by atoms with Crippen LogP contribution in [-0.2, 0) is 16.1 Å². The summed E-state index contributed by atoms with van der Waals surface area (Å²) in [6.45, 7) is -0.0943. The van der Waals surface area contributed by atoms with Crippen LogP contribution < -0.4 is 5.32 Å². The van der Waals surface area contributed by atoms with Crippen LogP contribution in [0.2, 0.25) is 0 Å². The smallest absolute Gasteiger partial charge is 0.329 e. The van der Waals surface area contributed by atoms with Crippen molar-refractivity contribution >= 4 is 11.9 Å². The quantitative estimate of drug-likeness (QED) is 0.766. The van der Waals surface area contributed by atoms with Gasteiger partial charge in [0.05, 0.1) is 0 Å². The second-order valence-electron chi connectivity index (χ2n) is 5.00. The molecule has 0 radical (unpaired) electrons. The molecule has 120 valence electrons. The number of carbonyl (C=O) groups is 2. The molecule has 23 heavy (non-hydrogen) atoms. The van der Waals surface area contributed by atoms with Gasteiger partial charge in [-0.05, 0) is 17.7 Å². The van der Waals surface area contributed by atoms with Gasteiger partial charge in [-0.3, -0.25) is 4.79 Å². The van der Waals surface area contributed by atoms with Crippen molar-refractivity contribution in [3.63, 3.8) is 0 Å². The van der Waals surface area contributed by atoms with Gasteiger partial charge >= 0.3 is 5.97 Å². The summed E-state index contributed by atoms with van der Waals surface area (Å²) in [5.41, 5.74) is 1.31. The predicted molar refractivity (Wildman–Crippen MR) is 85.6 cm³/mol. The van der Waals surface area contributed by atoms with E-state index in [1.54, 1.807) is 30.3 Å². The van der Waals surface area contributed by atoms with E-state index in [0.29, 0.717) is 5.56 Å². The Labute approximate surface area is 134 Å². The number of hydrogen-bond donors (Lipinski definition) is 2. The van der Waals surface area contributed by atoms with E-state index in [0.717, 1.165) is 5.56 Å². The predicted octanol–water partition coefficient (Wildman–Crippen LogP) is 1.91. The Bertz CT molecular complexity index is 628. The summed E-state index contributed by atoms with van der Waals surface area (Å²) < 4.78 is 5.21. The number of aliphatic hydroxyl groups is 1. The highest BCUT2D eigenvalue weighted by Gasteiger charge is 2.22. The van der Waals surface area contributed by atoms with Crippen LogP contribution in [0.15, 0.2) is 60.7 Å². The molecule has 0 aliphatic heterocycles. The van der Waals surface area contributed by atoms with Crippen molar-refractivity contribution in [3.8, 4) is 0 Å². The molecule has 5 heteroatoms. The maximum absolute atomic E-state index is 12.1. The summed E-state index contributed by atoms with van der Waals surface area (Å²) in [6.07, 6.45) is 0.103. The van der Waals surface area contributed by atoms with Crippen LogP contribution in [-0.4, -0.2) is 29.6 Å². The van der Waals surface area contributed by atoms with Gasteiger partial charge in [0.25, 0.3) is 5.91 Å². The van der Waals surface area contributed by atoms with Crippen LogP contribution in [0, 0.1) is 0 Å². The topological polar surface area (TPSA) is 75.6 Å². The molecule has 0 aliphatic carbocycles.